The Labute approximate surface area is 124 Å². The van der Waals surface area contributed by atoms with Gasteiger partial charge in [0.15, 0.2) is 11.5 Å². The van der Waals surface area contributed by atoms with E-state index in [0.717, 1.165) is 0 Å². The summed E-state index contributed by atoms with van der Waals surface area (Å²) in [6.45, 7) is 1.42. The Morgan fingerprint density at radius 3 is 2.35 bits per heavy atom. The number of anilines is 1. The molecular weight excluding hydrogens is 322 g/mol. The number of hydrogen-bond donors (Lipinski definition) is 2. The zero-order valence-corrected chi connectivity index (χ0v) is 12.3. The second-order valence-corrected chi connectivity index (χ2v) is 5.08. The summed E-state index contributed by atoms with van der Waals surface area (Å²) in [7, 11) is 0. The minimum Gasteiger partial charge on any atom is -0.505 e. The Kier molecular flexibility index (Phi) is 4.20. The molecule has 0 aromatic heterocycles. The van der Waals surface area contributed by atoms with E-state index in [1.165, 1.54) is 19.1 Å². The molecule has 5 heteroatoms. The molecule has 0 radical (unpaired) electrons. The predicted molar refractivity (Wildman–Crippen MR) is 80.2 cm³/mol. The third-order valence-electron chi connectivity index (χ3n) is 2.75. The standard InChI is InChI=1S/C15H12BrNO3/c1-9(18)11-7-12(16)14(19)13(8-11)17-15(20)10-5-3-2-4-6-10/h2-8,19H,1H3,(H,17,20). The quantitative estimate of drug-likeness (QED) is 0.666. The predicted octanol–water partition coefficient (Wildman–Crippen LogP) is 3.61. The Balaban J connectivity index is 2.34. The number of ketones is 1. The van der Waals surface area contributed by atoms with E-state index in [2.05, 4.69) is 21.2 Å². The van der Waals surface area contributed by atoms with Crippen molar-refractivity contribution < 1.29 is 14.7 Å². The fourth-order valence-corrected chi connectivity index (χ4v) is 2.14. The Morgan fingerprint density at radius 2 is 1.75 bits per heavy atom. The van der Waals surface area contributed by atoms with E-state index in [0.29, 0.717) is 15.6 Å². The van der Waals surface area contributed by atoms with Crippen LogP contribution in [0.2, 0.25) is 0 Å². The number of carbonyl (C=O) groups is 2. The topological polar surface area (TPSA) is 66.4 Å². The van der Waals surface area contributed by atoms with Gasteiger partial charge in [-0.2, -0.15) is 0 Å². The molecule has 4 nitrogen and oxygen atoms in total. The van der Waals surface area contributed by atoms with Crippen molar-refractivity contribution in [1.82, 2.24) is 0 Å². The molecule has 0 aliphatic rings. The Hall–Kier alpha value is -2.14. The van der Waals surface area contributed by atoms with E-state index in [1.54, 1.807) is 30.3 Å². The van der Waals surface area contributed by atoms with Crippen molar-refractivity contribution in [3.63, 3.8) is 0 Å². The van der Waals surface area contributed by atoms with E-state index in [9.17, 15) is 14.7 Å². The van der Waals surface area contributed by atoms with Crippen molar-refractivity contribution in [2.45, 2.75) is 6.92 Å². The molecule has 0 bridgehead atoms. The molecule has 0 unspecified atom stereocenters. The van der Waals surface area contributed by atoms with Crippen LogP contribution in [0.1, 0.15) is 27.6 Å². The van der Waals surface area contributed by atoms with E-state index in [-0.39, 0.29) is 23.1 Å². The number of nitrogens with one attached hydrogen (secondary N) is 1. The SMILES string of the molecule is CC(=O)c1cc(Br)c(O)c(NC(=O)c2ccccc2)c1. The molecule has 2 aromatic rings. The van der Waals surface area contributed by atoms with Crippen LogP contribution in [0.15, 0.2) is 46.9 Å². The first-order chi connectivity index (χ1) is 9.49. The van der Waals surface area contributed by atoms with Gasteiger partial charge in [0.25, 0.3) is 5.91 Å². The zero-order chi connectivity index (χ0) is 14.7. The minimum absolute atomic E-state index is 0.112. The maximum atomic E-state index is 12.0. The Bertz CT molecular complexity index is 668. The van der Waals surface area contributed by atoms with Crippen molar-refractivity contribution in [3.05, 3.63) is 58.1 Å². The summed E-state index contributed by atoms with van der Waals surface area (Å²) in [5, 5.41) is 12.5. The summed E-state index contributed by atoms with van der Waals surface area (Å²) in [5.74, 6) is -0.617. The number of phenolic OH excluding ortho intramolecular Hbond substituents is 1. The number of aromatic hydroxyl groups is 1. The van der Waals surface area contributed by atoms with Crippen LogP contribution in [0.25, 0.3) is 0 Å². The van der Waals surface area contributed by atoms with E-state index in [1.807, 2.05) is 0 Å². The average molecular weight is 334 g/mol. The molecule has 0 saturated heterocycles. The highest BCUT2D eigenvalue weighted by atomic mass is 79.9. The molecular formula is C15H12BrNO3. The molecule has 0 heterocycles. The van der Waals surface area contributed by atoms with Crippen molar-refractivity contribution in [2.75, 3.05) is 5.32 Å². The van der Waals surface area contributed by atoms with Gasteiger partial charge in [-0.1, -0.05) is 18.2 Å². The summed E-state index contributed by atoms with van der Waals surface area (Å²) in [5.41, 5.74) is 1.06. The lowest BCUT2D eigenvalue weighted by molar-refractivity contribution is 0.101. The van der Waals surface area contributed by atoms with Gasteiger partial charge in [-0.15, -0.1) is 0 Å². The van der Waals surface area contributed by atoms with Gasteiger partial charge >= 0.3 is 0 Å². The van der Waals surface area contributed by atoms with Gasteiger partial charge in [-0.3, -0.25) is 9.59 Å². The number of halogens is 1. The maximum absolute atomic E-state index is 12.0. The number of carbonyl (C=O) groups excluding carboxylic acids is 2. The number of amides is 1. The highest BCUT2D eigenvalue weighted by Gasteiger charge is 2.13. The van der Waals surface area contributed by atoms with Crippen molar-refractivity contribution in [2.24, 2.45) is 0 Å². The van der Waals surface area contributed by atoms with Gasteiger partial charge in [0.05, 0.1) is 10.2 Å². The number of benzene rings is 2. The molecule has 1 amide bonds. The molecule has 0 aliphatic heterocycles. The zero-order valence-electron chi connectivity index (χ0n) is 10.7. The van der Waals surface area contributed by atoms with Crippen LogP contribution in [0.5, 0.6) is 5.75 Å². The fraction of sp³-hybridized carbons (Fsp3) is 0.0667. The first kappa shape index (κ1) is 14.3. The summed E-state index contributed by atoms with van der Waals surface area (Å²) in [4.78, 5) is 23.4. The van der Waals surface area contributed by atoms with Gasteiger partial charge in [-0.25, -0.2) is 0 Å². The normalized spacial score (nSPS) is 10.1. The highest BCUT2D eigenvalue weighted by Crippen LogP contribution is 2.34. The van der Waals surface area contributed by atoms with Crippen LogP contribution >= 0.6 is 15.9 Å². The summed E-state index contributed by atoms with van der Waals surface area (Å²) >= 11 is 3.16. The van der Waals surface area contributed by atoms with Gasteiger partial charge in [0.2, 0.25) is 0 Å². The lowest BCUT2D eigenvalue weighted by Crippen LogP contribution is -2.12. The molecule has 20 heavy (non-hydrogen) atoms. The van der Waals surface area contributed by atoms with Crippen LogP contribution in [-0.2, 0) is 0 Å². The van der Waals surface area contributed by atoms with Crippen LogP contribution in [0.3, 0.4) is 0 Å². The van der Waals surface area contributed by atoms with E-state index in [4.69, 9.17) is 0 Å². The molecule has 2 rings (SSSR count). The minimum atomic E-state index is -0.353. The Morgan fingerprint density at radius 1 is 1.10 bits per heavy atom. The summed E-state index contributed by atoms with van der Waals surface area (Å²) in [6.07, 6.45) is 0. The number of rotatable bonds is 3. The molecule has 2 N–H and O–H groups in total. The third kappa shape index (κ3) is 3.05. The number of phenols is 1. The molecule has 102 valence electrons. The van der Waals surface area contributed by atoms with Crippen LogP contribution < -0.4 is 5.32 Å². The molecule has 0 saturated carbocycles. The number of Topliss-reactive ketones (excluding diaryl/α,β-unsaturated/α-hetero) is 1. The van der Waals surface area contributed by atoms with E-state index >= 15 is 0 Å². The fourth-order valence-electron chi connectivity index (χ4n) is 1.68. The molecule has 0 fully saturated rings. The van der Waals surface area contributed by atoms with Gasteiger partial charge in [-0.05, 0) is 47.1 Å². The second kappa shape index (κ2) is 5.88. The summed E-state index contributed by atoms with van der Waals surface area (Å²) in [6, 6.07) is 11.6. The first-order valence-corrected chi connectivity index (χ1v) is 6.68. The molecule has 2 aromatic carbocycles. The molecule has 0 atom stereocenters. The lowest BCUT2D eigenvalue weighted by Gasteiger charge is -2.10. The maximum Gasteiger partial charge on any atom is 0.255 e. The van der Waals surface area contributed by atoms with Gasteiger partial charge < -0.3 is 10.4 Å². The monoisotopic (exact) mass is 333 g/mol. The van der Waals surface area contributed by atoms with Crippen molar-refractivity contribution >= 4 is 33.3 Å². The van der Waals surface area contributed by atoms with Crippen LogP contribution in [-0.4, -0.2) is 16.8 Å². The van der Waals surface area contributed by atoms with Crippen molar-refractivity contribution in [1.29, 1.82) is 0 Å². The van der Waals surface area contributed by atoms with Crippen molar-refractivity contribution in [3.8, 4) is 5.75 Å². The third-order valence-corrected chi connectivity index (χ3v) is 3.36. The van der Waals surface area contributed by atoms with Crippen LogP contribution in [0.4, 0.5) is 5.69 Å². The smallest absolute Gasteiger partial charge is 0.255 e. The van der Waals surface area contributed by atoms with Crippen LogP contribution in [0, 0.1) is 0 Å². The average Bonchev–Trinajstić information content (AvgIpc) is 2.44. The highest BCUT2D eigenvalue weighted by molar-refractivity contribution is 9.10. The second-order valence-electron chi connectivity index (χ2n) is 4.23. The molecule has 0 spiro atoms. The lowest BCUT2D eigenvalue weighted by atomic mass is 10.1. The largest absolute Gasteiger partial charge is 0.505 e. The summed E-state index contributed by atoms with van der Waals surface area (Å²) < 4.78 is 0.355. The van der Waals surface area contributed by atoms with Gasteiger partial charge in [0.1, 0.15) is 0 Å². The van der Waals surface area contributed by atoms with E-state index < -0.39 is 0 Å². The molecule has 0 aliphatic carbocycles. The first-order valence-electron chi connectivity index (χ1n) is 5.89. The van der Waals surface area contributed by atoms with Gasteiger partial charge in [0, 0.05) is 11.1 Å². The number of hydrogen-bond acceptors (Lipinski definition) is 3.